The van der Waals surface area contributed by atoms with Crippen molar-refractivity contribution in [3.8, 4) is 11.5 Å². The third-order valence-corrected chi connectivity index (χ3v) is 3.68. The third-order valence-electron chi connectivity index (χ3n) is 3.68. The van der Waals surface area contributed by atoms with Crippen LogP contribution in [0.4, 0.5) is 4.79 Å². The fourth-order valence-electron chi connectivity index (χ4n) is 2.23. The molecule has 1 heterocycles. The maximum atomic E-state index is 11.4. The lowest BCUT2D eigenvalue weighted by Gasteiger charge is -2.17. The van der Waals surface area contributed by atoms with Gasteiger partial charge in [-0.3, -0.25) is 0 Å². The van der Waals surface area contributed by atoms with Gasteiger partial charge >= 0.3 is 6.03 Å². The number of amides is 2. The van der Waals surface area contributed by atoms with Crippen molar-refractivity contribution in [1.29, 1.82) is 0 Å². The van der Waals surface area contributed by atoms with E-state index in [9.17, 15) is 4.79 Å². The maximum absolute atomic E-state index is 11.4. The van der Waals surface area contributed by atoms with Gasteiger partial charge in [0.05, 0.1) is 13.7 Å². The summed E-state index contributed by atoms with van der Waals surface area (Å²) in [6.45, 7) is 4.55. The van der Waals surface area contributed by atoms with Gasteiger partial charge in [-0.15, -0.1) is 0 Å². The van der Waals surface area contributed by atoms with Crippen molar-refractivity contribution in [3.63, 3.8) is 0 Å². The highest BCUT2D eigenvalue weighted by Gasteiger charge is 2.19. The Morgan fingerprint density at radius 3 is 2.86 bits per heavy atom. The molecule has 2 rings (SSSR count). The number of carbonyl (C=O) groups is 1. The summed E-state index contributed by atoms with van der Waals surface area (Å²) in [5.74, 6) is 1.41. The molecule has 0 aromatic heterocycles. The van der Waals surface area contributed by atoms with Crippen LogP contribution in [0.15, 0.2) is 18.2 Å². The van der Waals surface area contributed by atoms with E-state index < -0.39 is 0 Å². The van der Waals surface area contributed by atoms with Crippen LogP contribution in [-0.4, -0.2) is 51.3 Å². The van der Waals surface area contributed by atoms with Crippen molar-refractivity contribution in [2.45, 2.75) is 13.0 Å². The van der Waals surface area contributed by atoms with E-state index >= 15 is 0 Å². The van der Waals surface area contributed by atoms with Crippen molar-refractivity contribution < 1.29 is 14.3 Å². The Morgan fingerprint density at radius 1 is 1.43 bits per heavy atom. The van der Waals surface area contributed by atoms with Crippen LogP contribution in [0.2, 0.25) is 0 Å². The number of nitrogens with one attached hydrogen (secondary N) is 2. The van der Waals surface area contributed by atoms with Gasteiger partial charge in [0.1, 0.15) is 6.61 Å². The van der Waals surface area contributed by atoms with Gasteiger partial charge in [-0.25, -0.2) is 4.79 Å². The molecular formula is C15H23N3O3. The first kappa shape index (κ1) is 15.4. The summed E-state index contributed by atoms with van der Waals surface area (Å²) >= 11 is 0. The summed E-state index contributed by atoms with van der Waals surface area (Å²) in [5, 5.41) is 5.96. The molecule has 0 aliphatic carbocycles. The monoisotopic (exact) mass is 293 g/mol. The highest BCUT2D eigenvalue weighted by molar-refractivity contribution is 5.76. The van der Waals surface area contributed by atoms with Crippen molar-refractivity contribution in [1.82, 2.24) is 15.5 Å². The molecule has 6 heteroatoms. The number of hydrogen-bond donors (Lipinski definition) is 2. The Labute approximate surface area is 125 Å². The SMILES string of the molecule is CNC(C)c1ccc(OCCN2CCNC2=O)c(OC)c1. The van der Waals surface area contributed by atoms with Crippen molar-refractivity contribution in [2.75, 3.05) is 40.4 Å². The van der Waals surface area contributed by atoms with E-state index in [4.69, 9.17) is 9.47 Å². The summed E-state index contributed by atoms with van der Waals surface area (Å²) in [4.78, 5) is 13.2. The van der Waals surface area contributed by atoms with Crippen molar-refractivity contribution in [2.24, 2.45) is 0 Å². The lowest BCUT2D eigenvalue weighted by molar-refractivity contribution is 0.201. The van der Waals surface area contributed by atoms with Crippen molar-refractivity contribution >= 4 is 6.03 Å². The van der Waals surface area contributed by atoms with Crippen LogP contribution in [-0.2, 0) is 0 Å². The summed E-state index contributed by atoms with van der Waals surface area (Å²) in [5.41, 5.74) is 1.14. The summed E-state index contributed by atoms with van der Waals surface area (Å²) in [6, 6.07) is 6.12. The molecule has 116 valence electrons. The molecule has 2 N–H and O–H groups in total. The molecule has 1 aliphatic rings. The van der Waals surface area contributed by atoms with Gasteiger partial charge in [0.25, 0.3) is 0 Å². The van der Waals surface area contributed by atoms with Crippen molar-refractivity contribution in [3.05, 3.63) is 23.8 Å². The largest absolute Gasteiger partial charge is 0.493 e. The van der Waals surface area contributed by atoms with E-state index in [0.29, 0.717) is 31.2 Å². The first-order valence-electron chi connectivity index (χ1n) is 7.16. The molecule has 0 bridgehead atoms. The zero-order valence-electron chi connectivity index (χ0n) is 12.8. The smallest absolute Gasteiger partial charge is 0.317 e. The quantitative estimate of drug-likeness (QED) is 0.797. The topological polar surface area (TPSA) is 62.8 Å². The number of hydrogen-bond acceptors (Lipinski definition) is 4. The van der Waals surface area contributed by atoms with Gasteiger partial charge in [-0.2, -0.15) is 0 Å². The Kier molecular flexibility index (Phi) is 5.27. The van der Waals surface area contributed by atoms with Crippen LogP contribution in [0, 0.1) is 0 Å². The predicted molar refractivity (Wildman–Crippen MR) is 80.9 cm³/mol. The van der Waals surface area contributed by atoms with Gasteiger partial charge in [-0.05, 0) is 31.7 Å². The van der Waals surface area contributed by atoms with E-state index in [0.717, 1.165) is 12.1 Å². The zero-order chi connectivity index (χ0) is 15.2. The molecule has 21 heavy (non-hydrogen) atoms. The molecule has 0 spiro atoms. The minimum Gasteiger partial charge on any atom is -0.493 e. The lowest BCUT2D eigenvalue weighted by atomic mass is 10.1. The highest BCUT2D eigenvalue weighted by atomic mass is 16.5. The number of benzene rings is 1. The van der Waals surface area contributed by atoms with E-state index in [1.165, 1.54) is 0 Å². The molecule has 1 aromatic rings. The third kappa shape index (κ3) is 3.78. The maximum Gasteiger partial charge on any atom is 0.317 e. The lowest BCUT2D eigenvalue weighted by Crippen LogP contribution is -2.31. The second-order valence-electron chi connectivity index (χ2n) is 4.99. The molecular weight excluding hydrogens is 270 g/mol. The number of urea groups is 1. The Bertz CT molecular complexity index is 493. The molecule has 0 saturated carbocycles. The number of ether oxygens (including phenoxy) is 2. The van der Waals surface area contributed by atoms with Crippen LogP contribution in [0.25, 0.3) is 0 Å². The number of nitrogens with zero attached hydrogens (tertiary/aromatic N) is 1. The summed E-state index contributed by atoms with van der Waals surface area (Å²) in [7, 11) is 3.55. The molecule has 2 amide bonds. The van der Waals surface area contributed by atoms with E-state index in [1.54, 1.807) is 12.0 Å². The fraction of sp³-hybridized carbons (Fsp3) is 0.533. The molecule has 1 fully saturated rings. The van der Waals surface area contributed by atoms with Crippen LogP contribution >= 0.6 is 0 Å². The van der Waals surface area contributed by atoms with Gasteiger partial charge < -0.3 is 25.0 Å². The van der Waals surface area contributed by atoms with E-state index in [1.807, 2.05) is 25.2 Å². The molecule has 1 aliphatic heterocycles. The molecule has 1 unspecified atom stereocenters. The minimum absolute atomic E-state index is 0.0243. The van der Waals surface area contributed by atoms with Crippen LogP contribution in [0.3, 0.4) is 0 Å². The molecule has 6 nitrogen and oxygen atoms in total. The number of carbonyl (C=O) groups excluding carboxylic acids is 1. The summed E-state index contributed by atoms with van der Waals surface area (Å²) in [6.07, 6.45) is 0. The Hall–Kier alpha value is -1.95. The highest BCUT2D eigenvalue weighted by Crippen LogP contribution is 2.30. The van der Waals surface area contributed by atoms with Gasteiger partial charge in [-0.1, -0.05) is 6.07 Å². The Morgan fingerprint density at radius 2 is 2.24 bits per heavy atom. The minimum atomic E-state index is -0.0243. The van der Waals surface area contributed by atoms with Crippen LogP contribution < -0.4 is 20.1 Å². The zero-order valence-corrected chi connectivity index (χ0v) is 12.8. The van der Waals surface area contributed by atoms with Crippen LogP contribution in [0.5, 0.6) is 11.5 Å². The average Bonchev–Trinajstić information content (AvgIpc) is 2.92. The molecule has 1 saturated heterocycles. The molecule has 1 aromatic carbocycles. The van der Waals surface area contributed by atoms with Gasteiger partial charge in [0.15, 0.2) is 11.5 Å². The van der Waals surface area contributed by atoms with E-state index in [-0.39, 0.29) is 12.1 Å². The van der Waals surface area contributed by atoms with Gasteiger partial charge in [0.2, 0.25) is 0 Å². The number of rotatable bonds is 7. The predicted octanol–water partition coefficient (Wildman–Crippen LogP) is 1.38. The Balaban J connectivity index is 1.94. The first-order valence-corrected chi connectivity index (χ1v) is 7.16. The average molecular weight is 293 g/mol. The number of methoxy groups -OCH3 is 1. The van der Waals surface area contributed by atoms with Crippen LogP contribution in [0.1, 0.15) is 18.5 Å². The second kappa shape index (κ2) is 7.17. The fourth-order valence-corrected chi connectivity index (χ4v) is 2.23. The molecule has 1 atom stereocenters. The summed E-state index contributed by atoms with van der Waals surface area (Å²) < 4.78 is 11.1. The normalized spacial score (nSPS) is 15.8. The molecule has 0 radical (unpaired) electrons. The second-order valence-corrected chi connectivity index (χ2v) is 4.99. The standard InChI is InChI=1S/C15H23N3O3/c1-11(16-2)12-4-5-13(14(10-12)20-3)21-9-8-18-7-6-17-15(18)19/h4-5,10-11,16H,6-9H2,1-3H3,(H,17,19). The van der Waals surface area contributed by atoms with Gasteiger partial charge in [0, 0.05) is 19.1 Å². The first-order chi connectivity index (χ1) is 10.2. The van der Waals surface area contributed by atoms with E-state index in [2.05, 4.69) is 17.6 Å².